The number of aliphatic carboxylic acids is 1. The number of hydrogen-bond acceptors (Lipinski definition) is 4. The van der Waals surface area contributed by atoms with E-state index < -0.39 is 12.0 Å². The van der Waals surface area contributed by atoms with E-state index in [4.69, 9.17) is 5.10 Å². The highest BCUT2D eigenvalue weighted by Gasteiger charge is 2.40. The number of aromatic nitrogens is 2. The Morgan fingerprint density at radius 2 is 1.90 bits per heavy atom. The highest BCUT2D eigenvalue weighted by Crippen LogP contribution is 2.37. The quantitative estimate of drug-likeness (QED) is 0.319. The van der Waals surface area contributed by atoms with Crippen LogP contribution in [0.4, 0.5) is 0 Å². The summed E-state index contributed by atoms with van der Waals surface area (Å²) in [6, 6.07) is 12.6. The maximum atomic E-state index is 12.1. The molecule has 1 aromatic carbocycles. The van der Waals surface area contributed by atoms with Crippen molar-refractivity contribution in [3.8, 4) is 0 Å². The first-order valence-electron chi connectivity index (χ1n) is 16.2. The minimum atomic E-state index is -0.704. The lowest BCUT2D eigenvalue weighted by Gasteiger charge is -2.31. The largest absolute Gasteiger partial charge is 0.480 e. The van der Waals surface area contributed by atoms with Crippen molar-refractivity contribution in [2.45, 2.75) is 84.2 Å². The SMILES string of the molecule is CCn1nc(CC2=CCC(C)C=C2)cc1C1CCN(/C=C\CC2CN([C@@H](C(=O)O)C(C)C)CC2c2ccccc2)CC1. The summed E-state index contributed by atoms with van der Waals surface area (Å²) in [5, 5.41) is 14.9. The van der Waals surface area contributed by atoms with Crippen molar-refractivity contribution in [2.75, 3.05) is 26.2 Å². The van der Waals surface area contributed by atoms with E-state index in [-0.39, 0.29) is 5.92 Å². The highest BCUT2D eigenvalue weighted by molar-refractivity contribution is 5.73. The Morgan fingerprint density at radius 1 is 1.14 bits per heavy atom. The number of nitrogens with zero attached hydrogens (tertiary/aromatic N) is 4. The van der Waals surface area contributed by atoms with E-state index in [2.05, 4.69) is 95.2 Å². The molecule has 2 saturated heterocycles. The average Bonchev–Trinajstić information content (AvgIpc) is 3.59. The van der Waals surface area contributed by atoms with E-state index in [1.807, 2.05) is 13.8 Å². The fraction of sp³-hybridized carbons (Fsp3) is 0.556. The summed E-state index contributed by atoms with van der Waals surface area (Å²) in [6.07, 6.45) is 16.9. The molecule has 3 unspecified atom stereocenters. The van der Waals surface area contributed by atoms with Crippen LogP contribution in [0.3, 0.4) is 0 Å². The van der Waals surface area contributed by atoms with Gasteiger partial charge in [0.25, 0.3) is 0 Å². The van der Waals surface area contributed by atoms with E-state index in [1.165, 1.54) is 22.5 Å². The van der Waals surface area contributed by atoms with Crippen LogP contribution >= 0.6 is 0 Å². The lowest BCUT2D eigenvalue weighted by molar-refractivity contribution is -0.144. The number of likely N-dealkylation sites (tertiary alicyclic amines) is 2. The average molecular weight is 571 g/mol. The third-order valence-corrected chi connectivity index (χ3v) is 9.61. The zero-order valence-corrected chi connectivity index (χ0v) is 26.0. The fourth-order valence-corrected chi connectivity index (χ4v) is 7.31. The summed E-state index contributed by atoms with van der Waals surface area (Å²) in [5.41, 5.74) is 5.31. The van der Waals surface area contributed by atoms with Crippen LogP contribution in [-0.4, -0.2) is 62.9 Å². The first-order valence-corrected chi connectivity index (χ1v) is 16.2. The van der Waals surface area contributed by atoms with Crippen molar-refractivity contribution in [2.24, 2.45) is 17.8 Å². The molecule has 0 amide bonds. The number of benzene rings is 1. The predicted molar refractivity (Wildman–Crippen MR) is 170 cm³/mol. The van der Waals surface area contributed by atoms with Crippen molar-refractivity contribution < 1.29 is 9.90 Å². The monoisotopic (exact) mass is 570 g/mol. The summed E-state index contributed by atoms with van der Waals surface area (Å²) < 4.78 is 2.23. The molecule has 0 saturated carbocycles. The topological polar surface area (TPSA) is 61.6 Å². The van der Waals surface area contributed by atoms with Crippen LogP contribution in [0.1, 0.15) is 82.2 Å². The Bertz CT molecular complexity index is 1270. The van der Waals surface area contributed by atoms with E-state index in [0.717, 1.165) is 64.8 Å². The maximum absolute atomic E-state index is 12.1. The van der Waals surface area contributed by atoms with Crippen LogP contribution in [0.5, 0.6) is 0 Å². The number of carbonyl (C=O) groups is 1. The van der Waals surface area contributed by atoms with E-state index in [1.54, 1.807) is 0 Å². The van der Waals surface area contributed by atoms with Gasteiger partial charge in [-0.15, -0.1) is 0 Å². The van der Waals surface area contributed by atoms with Crippen molar-refractivity contribution in [3.63, 3.8) is 0 Å². The van der Waals surface area contributed by atoms with E-state index in [0.29, 0.717) is 23.7 Å². The number of carboxylic acids is 1. The van der Waals surface area contributed by atoms with Gasteiger partial charge in [0, 0.05) is 56.7 Å². The molecule has 2 aliphatic heterocycles. The predicted octanol–water partition coefficient (Wildman–Crippen LogP) is 6.88. The number of rotatable bonds is 11. The van der Waals surface area contributed by atoms with Crippen molar-refractivity contribution in [1.29, 1.82) is 0 Å². The molecule has 0 spiro atoms. The Labute approximate surface area is 252 Å². The van der Waals surface area contributed by atoms with Crippen LogP contribution in [0.2, 0.25) is 0 Å². The van der Waals surface area contributed by atoms with Crippen LogP contribution in [0, 0.1) is 17.8 Å². The number of carboxylic acid groups (broad SMARTS) is 1. The molecule has 1 aromatic heterocycles. The highest BCUT2D eigenvalue weighted by atomic mass is 16.4. The van der Waals surface area contributed by atoms with Gasteiger partial charge in [-0.1, -0.05) is 75.4 Å². The Morgan fingerprint density at radius 3 is 2.55 bits per heavy atom. The van der Waals surface area contributed by atoms with Gasteiger partial charge in [0.2, 0.25) is 0 Å². The second-order valence-electron chi connectivity index (χ2n) is 13.1. The minimum Gasteiger partial charge on any atom is -0.480 e. The van der Waals surface area contributed by atoms with Crippen LogP contribution in [0.15, 0.2) is 72.5 Å². The molecule has 6 nitrogen and oxygen atoms in total. The summed E-state index contributed by atoms with van der Waals surface area (Å²) >= 11 is 0. The molecule has 42 heavy (non-hydrogen) atoms. The molecule has 2 aromatic rings. The molecule has 1 aliphatic carbocycles. The molecule has 2 fully saturated rings. The second-order valence-corrected chi connectivity index (χ2v) is 13.1. The molecule has 3 heterocycles. The summed E-state index contributed by atoms with van der Waals surface area (Å²) in [7, 11) is 0. The van der Waals surface area contributed by atoms with Gasteiger partial charge in [0.15, 0.2) is 0 Å². The molecule has 226 valence electrons. The number of piperidine rings is 1. The lowest BCUT2D eigenvalue weighted by atomic mass is 9.87. The van der Waals surface area contributed by atoms with Gasteiger partial charge < -0.3 is 10.0 Å². The van der Waals surface area contributed by atoms with Gasteiger partial charge in [-0.3, -0.25) is 14.4 Å². The third-order valence-electron chi connectivity index (χ3n) is 9.61. The molecular formula is C36H50N4O2. The summed E-state index contributed by atoms with van der Waals surface area (Å²) in [5.74, 6) is 1.35. The minimum absolute atomic E-state index is 0.0830. The molecule has 4 atom stereocenters. The zero-order valence-electron chi connectivity index (χ0n) is 26.0. The Balaban J connectivity index is 1.18. The van der Waals surface area contributed by atoms with E-state index >= 15 is 0 Å². The normalized spacial score (nSPS) is 24.5. The maximum Gasteiger partial charge on any atom is 0.321 e. The fourth-order valence-electron chi connectivity index (χ4n) is 7.31. The number of allylic oxidation sites excluding steroid dienone is 5. The van der Waals surface area contributed by atoms with Gasteiger partial charge >= 0.3 is 5.97 Å². The van der Waals surface area contributed by atoms with Crippen LogP contribution in [-0.2, 0) is 17.8 Å². The van der Waals surface area contributed by atoms with Gasteiger partial charge in [-0.25, -0.2) is 0 Å². The molecule has 3 aliphatic rings. The lowest BCUT2D eigenvalue weighted by Crippen LogP contribution is -2.43. The van der Waals surface area contributed by atoms with Crippen molar-refractivity contribution in [3.05, 3.63) is 89.4 Å². The van der Waals surface area contributed by atoms with Gasteiger partial charge in [0.1, 0.15) is 6.04 Å². The molecule has 0 radical (unpaired) electrons. The molecule has 0 bridgehead atoms. The third kappa shape index (κ3) is 7.26. The van der Waals surface area contributed by atoms with Crippen molar-refractivity contribution >= 4 is 5.97 Å². The van der Waals surface area contributed by atoms with Gasteiger partial charge in [-0.05, 0) is 73.8 Å². The number of hydrogen-bond donors (Lipinski definition) is 1. The van der Waals surface area contributed by atoms with E-state index in [9.17, 15) is 9.90 Å². The van der Waals surface area contributed by atoms with Crippen LogP contribution in [0.25, 0.3) is 0 Å². The molecule has 5 rings (SSSR count). The Kier molecular flexibility index (Phi) is 10.0. The second kappa shape index (κ2) is 13.9. The van der Waals surface area contributed by atoms with Gasteiger partial charge in [0.05, 0.1) is 5.69 Å². The first kappa shape index (κ1) is 30.3. The van der Waals surface area contributed by atoms with Gasteiger partial charge in [-0.2, -0.15) is 5.10 Å². The Hall–Kier alpha value is -3.12. The van der Waals surface area contributed by atoms with Crippen molar-refractivity contribution in [1.82, 2.24) is 19.6 Å². The summed E-state index contributed by atoms with van der Waals surface area (Å²) in [4.78, 5) is 16.8. The first-order chi connectivity index (χ1) is 20.3. The zero-order chi connectivity index (χ0) is 29.6. The smallest absolute Gasteiger partial charge is 0.321 e. The standard InChI is InChI=1S/C36H50N4O2/c1-5-40-34(23-32(37-40)22-28-15-13-27(4)14-16-28)30-17-20-38(21-18-30)19-9-12-31-24-39(35(26(2)3)36(41)42)25-33(31)29-10-7-6-8-11-29/h6-11,13,15-16,19,23,26-27,30-31,33,35H,5,12,14,17-18,20-22,24-25H2,1-4H3,(H,41,42)/b19-9-/t27?,31?,33?,35-/m1/s1. The number of aryl methyl sites for hydroxylation is 1. The summed E-state index contributed by atoms with van der Waals surface area (Å²) in [6.45, 7) is 13.2. The molecular weight excluding hydrogens is 520 g/mol. The van der Waals surface area contributed by atoms with Crippen LogP contribution < -0.4 is 0 Å². The molecule has 1 N–H and O–H groups in total. The molecule has 6 heteroatoms.